The predicted octanol–water partition coefficient (Wildman–Crippen LogP) is 2.93. The predicted molar refractivity (Wildman–Crippen MR) is 77.1 cm³/mol. The van der Waals surface area contributed by atoms with Crippen molar-refractivity contribution in [3.8, 4) is 0 Å². The lowest BCUT2D eigenvalue weighted by atomic mass is 10.1. The van der Waals surface area contributed by atoms with E-state index in [0.717, 1.165) is 24.0 Å². The van der Waals surface area contributed by atoms with Crippen LogP contribution in [0.25, 0.3) is 0 Å². The third-order valence-electron chi connectivity index (χ3n) is 3.26. The van der Waals surface area contributed by atoms with E-state index in [-0.39, 0.29) is 11.9 Å². The number of likely N-dealkylation sites (N-methyl/N-ethyl adjacent to an activating group) is 1. The molecule has 1 aromatic rings. The maximum absolute atomic E-state index is 12.5. The lowest BCUT2D eigenvalue weighted by molar-refractivity contribution is 0.0704. The molecule has 2 rings (SSSR count). The molecule has 0 saturated carbocycles. The number of halogens is 2. The molecule has 0 bridgehead atoms. The summed E-state index contributed by atoms with van der Waals surface area (Å²) >= 11 is 9.54. The number of carbonyl (C=O) groups excluding carboxylic acids is 1. The van der Waals surface area contributed by atoms with Crippen LogP contribution in [0, 0.1) is 0 Å². The van der Waals surface area contributed by atoms with E-state index in [1.807, 2.05) is 24.0 Å². The van der Waals surface area contributed by atoms with Crippen molar-refractivity contribution >= 4 is 33.4 Å². The van der Waals surface area contributed by atoms with Crippen LogP contribution in [-0.4, -0.2) is 36.5 Å². The Morgan fingerprint density at radius 2 is 2.39 bits per heavy atom. The van der Waals surface area contributed by atoms with Crippen LogP contribution in [-0.2, 0) is 0 Å². The lowest BCUT2D eigenvalue weighted by Gasteiger charge is -2.27. The maximum atomic E-state index is 12.5. The highest BCUT2D eigenvalue weighted by Gasteiger charge is 2.27. The average molecular weight is 332 g/mol. The van der Waals surface area contributed by atoms with Crippen molar-refractivity contribution in [3.05, 3.63) is 33.3 Å². The van der Waals surface area contributed by atoms with E-state index in [9.17, 15) is 4.79 Å². The quantitative estimate of drug-likeness (QED) is 0.923. The van der Waals surface area contributed by atoms with Gasteiger partial charge in [-0.05, 0) is 48.0 Å². The second-order valence-electron chi connectivity index (χ2n) is 4.34. The topological polar surface area (TPSA) is 32.3 Å². The van der Waals surface area contributed by atoms with Crippen molar-refractivity contribution in [2.75, 3.05) is 19.6 Å². The summed E-state index contributed by atoms with van der Waals surface area (Å²) in [6, 6.07) is 5.73. The van der Waals surface area contributed by atoms with Gasteiger partial charge in [0.1, 0.15) is 0 Å². The molecule has 3 nitrogen and oxygen atoms in total. The molecule has 98 valence electrons. The summed E-state index contributed by atoms with van der Waals surface area (Å²) in [5.74, 6) is 0.0116. The molecule has 1 saturated heterocycles. The Kier molecular flexibility index (Phi) is 4.65. The number of hydrogen-bond acceptors (Lipinski definition) is 2. The molecule has 1 aliphatic heterocycles. The van der Waals surface area contributed by atoms with Gasteiger partial charge in [-0.1, -0.05) is 17.7 Å². The number of rotatable bonds is 3. The second-order valence-corrected chi connectivity index (χ2v) is 5.57. The zero-order valence-electron chi connectivity index (χ0n) is 10.2. The monoisotopic (exact) mass is 330 g/mol. The van der Waals surface area contributed by atoms with Crippen molar-refractivity contribution in [2.24, 2.45) is 0 Å². The molecule has 0 radical (unpaired) electrons. The molecule has 0 spiro atoms. The molecule has 1 aliphatic rings. The van der Waals surface area contributed by atoms with Crippen LogP contribution in [0.15, 0.2) is 22.7 Å². The zero-order chi connectivity index (χ0) is 13.1. The maximum Gasteiger partial charge on any atom is 0.255 e. The minimum atomic E-state index is 0.0116. The van der Waals surface area contributed by atoms with Crippen LogP contribution in [0.4, 0.5) is 0 Å². The van der Waals surface area contributed by atoms with E-state index in [1.165, 1.54) is 0 Å². The van der Waals surface area contributed by atoms with Gasteiger partial charge in [0, 0.05) is 23.6 Å². The van der Waals surface area contributed by atoms with Crippen molar-refractivity contribution < 1.29 is 4.79 Å². The fourth-order valence-electron chi connectivity index (χ4n) is 2.30. The van der Waals surface area contributed by atoms with Crippen LogP contribution in [0.2, 0.25) is 5.02 Å². The molecular formula is C13H16BrClN2O. The first kappa shape index (κ1) is 13.8. The third kappa shape index (κ3) is 2.71. The molecule has 18 heavy (non-hydrogen) atoms. The van der Waals surface area contributed by atoms with Crippen LogP contribution in [0.1, 0.15) is 23.7 Å². The Hall–Kier alpha value is -0.580. The van der Waals surface area contributed by atoms with Crippen LogP contribution in [0.5, 0.6) is 0 Å². The summed E-state index contributed by atoms with van der Waals surface area (Å²) < 4.78 is 0.760. The summed E-state index contributed by atoms with van der Waals surface area (Å²) in [5.41, 5.74) is 0.569. The SMILES string of the molecule is CCN(C(=O)c1cccc(Br)c1Cl)C1CCNC1. The minimum absolute atomic E-state index is 0.0116. The Bertz CT molecular complexity index is 447. The molecule has 1 amide bonds. The Morgan fingerprint density at radius 3 is 3.00 bits per heavy atom. The third-order valence-corrected chi connectivity index (χ3v) is 4.55. The Balaban J connectivity index is 2.25. The number of amides is 1. The highest BCUT2D eigenvalue weighted by molar-refractivity contribution is 9.10. The van der Waals surface area contributed by atoms with Gasteiger partial charge in [0.15, 0.2) is 0 Å². The van der Waals surface area contributed by atoms with Crippen molar-refractivity contribution in [3.63, 3.8) is 0 Å². The second kappa shape index (κ2) is 6.04. The van der Waals surface area contributed by atoms with E-state index >= 15 is 0 Å². The van der Waals surface area contributed by atoms with Gasteiger partial charge in [0.05, 0.1) is 10.6 Å². The highest BCUT2D eigenvalue weighted by atomic mass is 79.9. The van der Waals surface area contributed by atoms with Gasteiger partial charge >= 0.3 is 0 Å². The van der Waals surface area contributed by atoms with E-state index in [1.54, 1.807) is 6.07 Å². The average Bonchev–Trinajstić information content (AvgIpc) is 2.87. The molecule has 5 heteroatoms. The standard InChI is InChI=1S/C13H16BrClN2O/c1-2-17(9-6-7-16-8-9)13(18)10-4-3-5-11(14)12(10)15/h3-5,9,16H,2,6-8H2,1H3. The molecule has 1 atom stereocenters. The van der Waals surface area contributed by atoms with Gasteiger partial charge in [0.2, 0.25) is 0 Å². The number of hydrogen-bond donors (Lipinski definition) is 1. The van der Waals surface area contributed by atoms with Crippen molar-refractivity contribution in [1.82, 2.24) is 10.2 Å². The molecule has 1 N–H and O–H groups in total. The summed E-state index contributed by atoms with van der Waals surface area (Å²) in [6.45, 7) is 4.54. The van der Waals surface area contributed by atoms with E-state index < -0.39 is 0 Å². The van der Waals surface area contributed by atoms with Gasteiger partial charge < -0.3 is 10.2 Å². The summed E-state index contributed by atoms with van der Waals surface area (Å²) in [6.07, 6.45) is 1.01. The Labute approximate surface area is 121 Å². The smallest absolute Gasteiger partial charge is 0.255 e. The number of benzene rings is 1. The molecule has 0 aromatic heterocycles. The van der Waals surface area contributed by atoms with Crippen LogP contribution in [0.3, 0.4) is 0 Å². The normalized spacial score (nSPS) is 18.9. The largest absolute Gasteiger partial charge is 0.335 e. The summed E-state index contributed by atoms with van der Waals surface area (Å²) in [5, 5.41) is 3.78. The summed E-state index contributed by atoms with van der Waals surface area (Å²) in [4.78, 5) is 14.4. The van der Waals surface area contributed by atoms with E-state index in [2.05, 4.69) is 21.2 Å². The number of nitrogens with zero attached hydrogens (tertiary/aromatic N) is 1. The first-order valence-corrected chi connectivity index (χ1v) is 7.28. The van der Waals surface area contributed by atoms with Gasteiger partial charge in [-0.25, -0.2) is 0 Å². The fraction of sp³-hybridized carbons (Fsp3) is 0.462. The molecule has 0 aliphatic carbocycles. The van der Waals surface area contributed by atoms with Gasteiger partial charge in [-0.3, -0.25) is 4.79 Å². The van der Waals surface area contributed by atoms with Gasteiger partial charge in [-0.15, -0.1) is 0 Å². The molecule has 1 heterocycles. The Morgan fingerprint density at radius 1 is 1.61 bits per heavy atom. The van der Waals surface area contributed by atoms with Crippen molar-refractivity contribution in [1.29, 1.82) is 0 Å². The van der Waals surface area contributed by atoms with Crippen molar-refractivity contribution in [2.45, 2.75) is 19.4 Å². The molecule has 1 unspecified atom stereocenters. The molecular weight excluding hydrogens is 316 g/mol. The number of nitrogens with one attached hydrogen (secondary N) is 1. The first-order valence-electron chi connectivity index (χ1n) is 6.10. The molecule has 1 aromatic carbocycles. The fourth-order valence-corrected chi connectivity index (χ4v) is 2.87. The van der Waals surface area contributed by atoms with E-state index in [4.69, 9.17) is 11.6 Å². The van der Waals surface area contributed by atoms with Crippen LogP contribution < -0.4 is 5.32 Å². The van der Waals surface area contributed by atoms with Gasteiger partial charge in [-0.2, -0.15) is 0 Å². The summed E-state index contributed by atoms with van der Waals surface area (Å²) in [7, 11) is 0. The highest BCUT2D eigenvalue weighted by Crippen LogP contribution is 2.27. The minimum Gasteiger partial charge on any atom is -0.335 e. The van der Waals surface area contributed by atoms with E-state index in [0.29, 0.717) is 17.1 Å². The number of carbonyl (C=O) groups is 1. The lowest BCUT2D eigenvalue weighted by Crippen LogP contribution is -2.41. The van der Waals surface area contributed by atoms with Gasteiger partial charge in [0.25, 0.3) is 5.91 Å². The molecule has 1 fully saturated rings. The van der Waals surface area contributed by atoms with Crippen LogP contribution >= 0.6 is 27.5 Å². The first-order chi connectivity index (χ1) is 8.65. The zero-order valence-corrected chi connectivity index (χ0v) is 12.6.